The van der Waals surface area contributed by atoms with E-state index in [-0.39, 0.29) is 30.1 Å². The number of carbonyl (C=O) groups excluding carboxylic acids is 1. The summed E-state index contributed by atoms with van der Waals surface area (Å²) < 4.78 is 40.7. The second kappa shape index (κ2) is 12.9. The summed E-state index contributed by atoms with van der Waals surface area (Å²) in [6.07, 6.45) is -1.72. The van der Waals surface area contributed by atoms with Gasteiger partial charge in [-0.15, -0.1) is 0 Å². The molecular weight excluding hydrogens is 586 g/mol. The van der Waals surface area contributed by atoms with Gasteiger partial charge in [-0.2, -0.15) is 10.2 Å². The van der Waals surface area contributed by atoms with Gasteiger partial charge in [-0.1, -0.05) is 0 Å². The molecule has 6 rings (SSSR count). The molecule has 0 bridgehead atoms. The number of nitriles is 1. The highest BCUT2D eigenvalue weighted by atomic mass is 19.3. The maximum Gasteiger partial charge on any atom is 0.301 e. The zero-order chi connectivity index (χ0) is 31.6. The van der Waals surface area contributed by atoms with Crippen molar-refractivity contribution in [3.63, 3.8) is 0 Å². The van der Waals surface area contributed by atoms with Crippen LogP contribution in [0.3, 0.4) is 0 Å². The fourth-order valence-electron chi connectivity index (χ4n) is 5.69. The van der Waals surface area contributed by atoms with Gasteiger partial charge >= 0.3 is 5.92 Å². The van der Waals surface area contributed by atoms with Crippen molar-refractivity contribution in [1.29, 1.82) is 5.26 Å². The number of ether oxygens (including phenoxy) is 2. The van der Waals surface area contributed by atoms with E-state index in [4.69, 9.17) is 9.47 Å². The maximum absolute atomic E-state index is 14.9. The second-order valence-corrected chi connectivity index (χ2v) is 11.4. The molecule has 3 aliphatic rings. The first-order valence-corrected chi connectivity index (χ1v) is 14.9. The molecule has 0 saturated carbocycles. The van der Waals surface area contributed by atoms with Gasteiger partial charge < -0.3 is 29.7 Å². The topological polar surface area (TPSA) is 140 Å². The number of anilines is 3. The minimum atomic E-state index is -3.37. The lowest BCUT2D eigenvalue weighted by Gasteiger charge is -2.43. The lowest BCUT2D eigenvalue weighted by atomic mass is 10.0. The lowest BCUT2D eigenvalue weighted by Crippen LogP contribution is -2.56. The van der Waals surface area contributed by atoms with Gasteiger partial charge in [-0.3, -0.25) is 9.69 Å². The van der Waals surface area contributed by atoms with Crippen LogP contribution in [0.5, 0.6) is 5.75 Å². The van der Waals surface area contributed by atoms with Crippen molar-refractivity contribution in [3.8, 4) is 23.2 Å². The molecule has 0 spiro atoms. The number of nitrogens with zero attached hydrogens (tertiary/aromatic N) is 7. The standard InChI is InChI=1S/C31H34F2N8O4/c1-20(42)29(43)41-9-8-27(31(32,33)18-41)45-26-7-2-21(14-22(26)15-34)28-35-19-36-30(38-28)37-23-3-5-24(6-4-23)39-10-12-40(13-11-39)25-16-44-17-25/h2-7,14,19-20,25,27,42H,8-13,16-18H2,1H3,(H,35,36,37,38)/t20-,27?/m0/s1. The van der Waals surface area contributed by atoms with Crippen LogP contribution in [0.2, 0.25) is 0 Å². The summed E-state index contributed by atoms with van der Waals surface area (Å²) in [6, 6.07) is 15.1. The highest BCUT2D eigenvalue weighted by Crippen LogP contribution is 2.34. The van der Waals surface area contributed by atoms with Crippen molar-refractivity contribution in [2.24, 2.45) is 0 Å². The van der Waals surface area contributed by atoms with Gasteiger partial charge in [-0.25, -0.2) is 18.7 Å². The number of likely N-dealkylation sites (tertiary alicyclic amines) is 1. The van der Waals surface area contributed by atoms with Crippen molar-refractivity contribution in [3.05, 3.63) is 54.4 Å². The minimum Gasteiger partial charge on any atom is -0.483 e. The average Bonchev–Trinajstić information content (AvgIpc) is 3.01. The van der Waals surface area contributed by atoms with E-state index in [1.165, 1.54) is 25.4 Å². The van der Waals surface area contributed by atoms with Gasteiger partial charge in [0.1, 0.15) is 24.3 Å². The van der Waals surface area contributed by atoms with E-state index in [0.717, 1.165) is 55.7 Å². The van der Waals surface area contributed by atoms with Gasteiger partial charge in [0.15, 0.2) is 11.9 Å². The van der Waals surface area contributed by atoms with Crippen molar-refractivity contribution in [1.82, 2.24) is 24.8 Å². The largest absolute Gasteiger partial charge is 0.483 e. The molecular formula is C31H34F2N8O4. The third-order valence-electron chi connectivity index (χ3n) is 8.34. The van der Waals surface area contributed by atoms with Crippen LogP contribution in [0.25, 0.3) is 11.4 Å². The fraction of sp³-hybridized carbons (Fsp3) is 0.452. The van der Waals surface area contributed by atoms with E-state index in [2.05, 4.69) is 42.2 Å². The van der Waals surface area contributed by atoms with Crippen LogP contribution >= 0.6 is 0 Å². The third kappa shape index (κ3) is 6.80. The van der Waals surface area contributed by atoms with E-state index in [9.17, 15) is 23.9 Å². The Balaban J connectivity index is 1.09. The number of aliphatic hydroxyl groups excluding tert-OH is 1. The Kier molecular flexibility index (Phi) is 8.75. The molecule has 14 heteroatoms. The Morgan fingerprint density at radius 1 is 1.13 bits per heavy atom. The van der Waals surface area contributed by atoms with E-state index >= 15 is 0 Å². The SMILES string of the molecule is C[C@H](O)C(=O)N1CCC(Oc2ccc(-c3ncnc(Nc4ccc(N5CCN(C6COC6)CC5)cc4)n3)cc2C#N)C(F)(F)C1. The first-order valence-electron chi connectivity index (χ1n) is 14.9. The molecule has 236 valence electrons. The van der Waals surface area contributed by atoms with Crippen LogP contribution in [0.4, 0.5) is 26.1 Å². The van der Waals surface area contributed by atoms with E-state index in [1.54, 1.807) is 6.07 Å². The smallest absolute Gasteiger partial charge is 0.301 e. The van der Waals surface area contributed by atoms with Gasteiger partial charge in [0.25, 0.3) is 5.91 Å². The quantitative estimate of drug-likeness (QED) is 0.384. The number of hydrogen-bond donors (Lipinski definition) is 2. The molecule has 4 heterocycles. The van der Waals surface area contributed by atoms with Gasteiger partial charge in [-0.05, 0) is 49.4 Å². The molecule has 3 aromatic rings. The van der Waals surface area contributed by atoms with E-state index in [1.807, 2.05) is 18.2 Å². The fourth-order valence-corrected chi connectivity index (χ4v) is 5.69. The summed E-state index contributed by atoms with van der Waals surface area (Å²) in [5, 5.41) is 22.4. The van der Waals surface area contributed by atoms with Crippen molar-refractivity contribution in [2.45, 2.75) is 37.5 Å². The summed E-state index contributed by atoms with van der Waals surface area (Å²) >= 11 is 0. The summed E-state index contributed by atoms with van der Waals surface area (Å²) in [7, 11) is 0. The molecule has 3 aliphatic heterocycles. The molecule has 1 amide bonds. The maximum atomic E-state index is 14.9. The molecule has 0 aliphatic carbocycles. The van der Waals surface area contributed by atoms with Crippen LogP contribution < -0.4 is 15.0 Å². The lowest BCUT2D eigenvalue weighted by molar-refractivity contribution is -0.165. The second-order valence-electron chi connectivity index (χ2n) is 11.4. The highest BCUT2D eigenvalue weighted by Gasteiger charge is 2.48. The molecule has 0 radical (unpaired) electrons. The molecule has 3 saturated heterocycles. The Bertz CT molecular complexity index is 1560. The molecule has 12 nitrogen and oxygen atoms in total. The Labute approximate surface area is 259 Å². The number of nitrogens with one attached hydrogen (secondary N) is 1. The Morgan fingerprint density at radius 3 is 2.53 bits per heavy atom. The number of piperazine rings is 1. The normalized spacial score (nSPS) is 21.0. The van der Waals surface area contributed by atoms with Crippen LogP contribution in [-0.2, 0) is 9.53 Å². The van der Waals surface area contributed by atoms with Crippen LogP contribution in [-0.4, -0.2) is 112 Å². The van der Waals surface area contributed by atoms with Crippen molar-refractivity contribution < 1.29 is 28.2 Å². The van der Waals surface area contributed by atoms with E-state index < -0.39 is 30.6 Å². The van der Waals surface area contributed by atoms with Crippen LogP contribution in [0.1, 0.15) is 18.9 Å². The van der Waals surface area contributed by atoms with Crippen LogP contribution in [0, 0.1) is 11.3 Å². The number of piperidine rings is 1. The van der Waals surface area contributed by atoms with Crippen molar-refractivity contribution >= 4 is 23.2 Å². The third-order valence-corrected chi connectivity index (χ3v) is 8.34. The number of rotatable bonds is 8. The van der Waals surface area contributed by atoms with Gasteiger partial charge in [0.05, 0.1) is 31.4 Å². The number of aliphatic hydroxyl groups is 1. The number of carbonyl (C=O) groups is 1. The number of benzene rings is 2. The minimum absolute atomic E-state index is 0.000879. The predicted molar refractivity (Wildman–Crippen MR) is 160 cm³/mol. The number of amides is 1. The van der Waals surface area contributed by atoms with Crippen molar-refractivity contribution in [2.75, 3.05) is 62.7 Å². The first-order chi connectivity index (χ1) is 21.7. The highest BCUT2D eigenvalue weighted by molar-refractivity contribution is 5.80. The molecule has 2 N–H and O–H groups in total. The number of alkyl halides is 2. The molecule has 1 unspecified atom stereocenters. The number of aromatic nitrogens is 3. The van der Waals surface area contributed by atoms with Gasteiger partial charge in [0.2, 0.25) is 5.95 Å². The predicted octanol–water partition coefficient (Wildman–Crippen LogP) is 2.67. The monoisotopic (exact) mass is 620 g/mol. The summed E-state index contributed by atoms with van der Waals surface area (Å²) in [4.78, 5) is 30.7. The van der Waals surface area contributed by atoms with E-state index in [0.29, 0.717) is 17.6 Å². The molecule has 1 aromatic heterocycles. The molecule has 45 heavy (non-hydrogen) atoms. The zero-order valence-electron chi connectivity index (χ0n) is 24.8. The average molecular weight is 621 g/mol. The molecule has 3 fully saturated rings. The van der Waals surface area contributed by atoms with Gasteiger partial charge in [0, 0.05) is 56.1 Å². The Morgan fingerprint density at radius 2 is 1.89 bits per heavy atom. The summed E-state index contributed by atoms with van der Waals surface area (Å²) in [6.45, 7) is 5.97. The molecule has 2 atom stereocenters. The first kappa shape index (κ1) is 30.6. The summed E-state index contributed by atoms with van der Waals surface area (Å²) in [5.41, 5.74) is 2.46. The molecule has 2 aromatic carbocycles. The number of hydrogen-bond acceptors (Lipinski definition) is 11. The number of halogens is 2. The zero-order valence-corrected chi connectivity index (χ0v) is 24.8. The summed E-state index contributed by atoms with van der Waals surface area (Å²) in [5.74, 6) is -3.55. The van der Waals surface area contributed by atoms with Crippen LogP contribution in [0.15, 0.2) is 48.8 Å². The Hall–Kier alpha value is -4.45.